The van der Waals surface area contributed by atoms with E-state index in [-0.39, 0.29) is 12.8 Å². The Kier molecular flexibility index (Phi) is 9.78. The molecule has 8 nitrogen and oxygen atoms in total. The van der Waals surface area contributed by atoms with Crippen molar-refractivity contribution in [1.29, 1.82) is 0 Å². The summed E-state index contributed by atoms with van der Waals surface area (Å²) in [7, 11) is 1.74. The van der Waals surface area contributed by atoms with Crippen LogP contribution in [-0.2, 0) is 6.18 Å². The molecular formula is C29H35F7N6O2. The largest absolute Gasteiger partial charge is 0.474 e. The van der Waals surface area contributed by atoms with Gasteiger partial charge in [-0.3, -0.25) is 14.7 Å². The van der Waals surface area contributed by atoms with Crippen LogP contribution >= 0.6 is 0 Å². The predicted octanol–water partition coefficient (Wildman–Crippen LogP) is 5.48. The summed E-state index contributed by atoms with van der Waals surface area (Å²) >= 11 is 0. The number of rotatable bonds is 12. The zero-order chi connectivity index (χ0) is 32.4. The van der Waals surface area contributed by atoms with Crippen molar-refractivity contribution in [3.8, 4) is 17.1 Å². The number of benzene rings is 1. The minimum Gasteiger partial charge on any atom is -0.474 e. The third-order valence-corrected chi connectivity index (χ3v) is 8.07. The van der Waals surface area contributed by atoms with Crippen LogP contribution in [0.2, 0.25) is 0 Å². The number of fused-ring (bicyclic) bond motifs is 1. The van der Waals surface area contributed by atoms with E-state index >= 15 is 4.39 Å². The van der Waals surface area contributed by atoms with E-state index in [1.54, 1.807) is 25.1 Å². The molecule has 0 aliphatic carbocycles. The van der Waals surface area contributed by atoms with E-state index in [1.807, 2.05) is 0 Å². The van der Waals surface area contributed by atoms with Crippen LogP contribution in [0.5, 0.6) is 5.88 Å². The van der Waals surface area contributed by atoms with Crippen molar-refractivity contribution < 1.29 is 40.3 Å². The molecule has 2 aliphatic heterocycles. The van der Waals surface area contributed by atoms with Gasteiger partial charge >= 0.3 is 6.18 Å². The second-order valence-electron chi connectivity index (χ2n) is 11.3. The zero-order valence-corrected chi connectivity index (χ0v) is 24.6. The summed E-state index contributed by atoms with van der Waals surface area (Å²) in [5.74, 6) is -6.17. The van der Waals surface area contributed by atoms with Crippen LogP contribution in [0.4, 0.5) is 42.1 Å². The number of carbonyl (C=O) groups excluding carboxylic acids is 1. The quantitative estimate of drug-likeness (QED) is 0.123. The van der Waals surface area contributed by atoms with E-state index in [9.17, 15) is 31.1 Å². The molecule has 0 amide bonds. The van der Waals surface area contributed by atoms with Gasteiger partial charge in [0.25, 0.3) is 5.92 Å². The minimum atomic E-state index is -5.14. The van der Waals surface area contributed by atoms with Crippen molar-refractivity contribution in [3.63, 3.8) is 0 Å². The highest BCUT2D eigenvalue weighted by Crippen LogP contribution is 2.47. The van der Waals surface area contributed by atoms with Crippen LogP contribution in [-0.4, -0.2) is 79.7 Å². The fourth-order valence-electron chi connectivity index (χ4n) is 6.00. The molecule has 2 unspecified atom stereocenters. The number of aromatic nitrogens is 1. The normalized spacial score (nSPS) is 20.7. The summed E-state index contributed by atoms with van der Waals surface area (Å²) in [6.07, 6.45) is -3.17. The van der Waals surface area contributed by atoms with Crippen LogP contribution in [0, 0.1) is 18.6 Å². The first-order valence-electron chi connectivity index (χ1n) is 14.1. The SMILES string of the molecule is CNCC=NCCC(C)Oc1nc(-c2cc(N)c(F)c(C)c2C(F)(F)F)c(F)c(NCC23CCCN2CC(F)(F)C3)c1C=O. The van der Waals surface area contributed by atoms with Crippen molar-refractivity contribution in [1.82, 2.24) is 15.2 Å². The standard InChI is InChI=1S/C29H35F7N6O2/c1-16(5-7-39-9-8-38-3)44-26-19(12-43)24(40-14-27-6-4-10-42(27)15-28(32,33)13-27)23(31)25(41-26)18-11-20(37)22(30)17(2)21(18)29(34,35)36/h9,11-12,16,38H,4-8,10,13-15,37H2,1-3H3,(H,40,41). The number of nitrogens with one attached hydrogen (secondary N) is 2. The fourth-order valence-corrected chi connectivity index (χ4v) is 6.00. The summed E-state index contributed by atoms with van der Waals surface area (Å²) in [4.78, 5) is 22.1. The van der Waals surface area contributed by atoms with Gasteiger partial charge < -0.3 is 21.1 Å². The minimum absolute atomic E-state index is 0.226. The Balaban J connectivity index is 1.83. The fraction of sp³-hybridized carbons (Fsp3) is 0.552. The first-order valence-corrected chi connectivity index (χ1v) is 14.1. The Morgan fingerprint density at radius 2 is 2.00 bits per heavy atom. The second-order valence-corrected chi connectivity index (χ2v) is 11.3. The molecule has 44 heavy (non-hydrogen) atoms. The number of alkyl halides is 5. The van der Waals surface area contributed by atoms with Gasteiger partial charge in [0.15, 0.2) is 12.1 Å². The van der Waals surface area contributed by atoms with Crippen LogP contribution in [0.1, 0.15) is 54.1 Å². The van der Waals surface area contributed by atoms with E-state index < -0.39 is 93.5 Å². The molecule has 1 aromatic carbocycles. The summed E-state index contributed by atoms with van der Waals surface area (Å²) in [5.41, 5.74) is -1.22. The van der Waals surface area contributed by atoms with Crippen molar-refractivity contribution in [2.24, 2.45) is 4.99 Å². The first-order chi connectivity index (χ1) is 20.6. The van der Waals surface area contributed by atoms with Gasteiger partial charge in [-0.2, -0.15) is 13.2 Å². The monoisotopic (exact) mass is 632 g/mol. The number of hydrogen-bond donors (Lipinski definition) is 3. The Morgan fingerprint density at radius 3 is 2.66 bits per heavy atom. The molecule has 4 rings (SSSR count). The van der Waals surface area contributed by atoms with Gasteiger partial charge in [0, 0.05) is 49.8 Å². The Labute approximate surface area is 250 Å². The van der Waals surface area contributed by atoms with Gasteiger partial charge in [-0.15, -0.1) is 0 Å². The van der Waals surface area contributed by atoms with Crippen molar-refractivity contribution in [2.75, 3.05) is 50.8 Å². The topological polar surface area (TPSA) is 105 Å². The van der Waals surface area contributed by atoms with E-state index in [0.717, 1.165) is 6.92 Å². The molecule has 2 atom stereocenters. The molecular weight excluding hydrogens is 597 g/mol. The van der Waals surface area contributed by atoms with Crippen LogP contribution in [0.15, 0.2) is 11.1 Å². The molecule has 0 bridgehead atoms. The molecule has 4 N–H and O–H groups in total. The maximum absolute atomic E-state index is 16.3. The maximum Gasteiger partial charge on any atom is 0.417 e. The van der Waals surface area contributed by atoms with Crippen molar-refractivity contribution in [3.05, 3.63) is 34.4 Å². The Bertz CT molecular complexity index is 1420. The van der Waals surface area contributed by atoms with Crippen LogP contribution < -0.4 is 21.1 Å². The van der Waals surface area contributed by atoms with Crippen molar-refractivity contribution in [2.45, 2.75) is 63.3 Å². The van der Waals surface area contributed by atoms with Gasteiger partial charge in [-0.05, 0) is 51.9 Å². The molecule has 3 heterocycles. The Morgan fingerprint density at radius 1 is 1.27 bits per heavy atom. The number of aliphatic imine (C=N–C) groups is 1. The molecule has 242 valence electrons. The lowest BCUT2D eigenvalue weighted by molar-refractivity contribution is -0.137. The number of nitrogens with two attached hydrogens (primary N) is 1. The molecule has 1 aromatic heterocycles. The zero-order valence-electron chi connectivity index (χ0n) is 24.6. The number of nitrogens with zero attached hydrogens (tertiary/aromatic N) is 3. The van der Waals surface area contributed by atoms with Gasteiger partial charge in [0.1, 0.15) is 17.1 Å². The van der Waals surface area contributed by atoms with Crippen LogP contribution in [0.25, 0.3) is 11.3 Å². The Hall–Kier alpha value is -3.46. The number of nitrogen functional groups attached to an aromatic ring is 1. The van der Waals surface area contributed by atoms with E-state index in [4.69, 9.17) is 10.5 Å². The van der Waals surface area contributed by atoms with Gasteiger partial charge in [-0.1, -0.05) is 0 Å². The molecule has 0 saturated carbocycles. The number of pyridine rings is 1. The lowest BCUT2D eigenvalue weighted by atomic mass is 9.92. The maximum atomic E-state index is 16.3. The lowest BCUT2D eigenvalue weighted by Gasteiger charge is -2.32. The van der Waals surface area contributed by atoms with Crippen LogP contribution in [0.3, 0.4) is 0 Å². The summed E-state index contributed by atoms with van der Waals surface area (Å²) in [6, 6.07) is 0.625. The number of aldehydes is 1. The van der Waals surface area contributed by atoms with Crippen molar-refractivity contribution >= 4 is 23.9 Å². The van der Waals surface area contributed by atoms with E-state index in [0.29, 0.717) is 45.0 Å². The molecule has 2 saturated heterocycles. The third kappa shape index (κ3) is 6.77. The van der Waals surface area contributed by atoms with Gasteiger partial charge in [0.05, 0.1) is 29.6 Å². The highest BCUT2D eigenvalue weighted by molar-refractivity contribution is 5.90. The van der Waals surface area contributed by atoms with E-state index in [2.05, 4.69) is 20.6 Å². The molecule has 15 heteroatoms. The number of ether oxygens (including phenoxy) is 1. The molecule has 2 aromatic rings. The molecule has 2 fully saturated rings. The number of hydrogen-bond acceptors (Lipinski definition) is 8. The first kappa shape index (κ1) is 33.4. The highest BCUT2D eigenvalue weighted by atomic mass is 19.4. The second kappa shape index (κ2) is 12.9. The molecule has 2 aliphatic rings. The lowest BCUT2D eigenvalue weighted by Crippen LogP contribution is -2.44. The summed E-state index contributed by atoms with van der Waals surface area (Å²) in [6.45, 7) is 2.98. The predicted molar refractivity (Wildman–Crippen MR) is 153 cm³/mol. The number of halogens is 7. The highest BCUT2D eigenvalue weighted by Gasteiger charge is 2.56. The smallest absolute Gasteiger partial charge is 0.417 e. The average molecular weight is 633 g/mol. The summed E-state index contributed by atoms with van der Waals surface area (Å²) < 4.78 is 108. The summed E-state index contributed by atoms with van der Waals surface area (Å²) in [5, 5.41) is 5.64. The number of anilines is 2. The molecule has 0 radical (unpaired) electrons. The average Bonchev–Trinajstić information content (AvgIpc) is 3.42. The van der Waals surface area contributed by atoms with Gasteiger partial charge in [0.2, 0.25) is 5.88 Å². The van der Waals surface area contributed by atoms with E-state index in [1.165, 1.54) is 0 Å². The molecule has 0 spiro atoms. The van der Waals surface area contributed by atoms with Gasteiger partial charge in [-0.25, -0.2) is 22.5 Å². The third-order valence-electron chi connectivity index (χ3n) is 8.07. The number of carbonyl (C=O) groups is 1.